The van der Waals surface area contributed by atoms with Gasteiger partial charge in [-0.15, -0.1) is 10.2 Å². The predicted octanol–water partition coefficient (Wildman–Crippen LogP) is 2.91. The van der Waals surface area contributed by atoms with E-state index < -0.39 is 0 Å². The number of hydrogen-bond donors (Lipinski definition) is 1. The van der Waals surface area contributed by atoms with Crippen LogP contribution in [0.4, 0.5) is 0 Å². The number of hydrogen-bond acceptors (Lipinski definition) is 4. The van der Waals surface area contributed by atoms with E-state index in [-0.39, 0.29) is 6.04 Å². The number of benzene rings is 1. The number of rotatable bonds is 6. The summed E-state index contributed by atoms with van der Waals surface area (Å²) in [6.45, 7) is 3.07. The molecule has 1 unspecified atom stereocenters. The van der Waals surface area contributed by atoms with Gasteiger partial charge < -0.3 is 5.32 Å². The van der Waals surface area contributed by atoms with Gasteiger partial charge in [-0.2, -0.15) is 4.80 Å². The number of halogens is 2. The highest BCUT2D eigenvalue weighted by Crippen LogP contribution is 2.28. The predicted molar refractivity (Wildman–Crippen MR) is 82.7 cm³/mol. The van der Waals surface area contributed by atoms with Crippen LogP contribution >= 0.6 is 27.5 Å². The second-order valence-electron chi connectivity index (χ2n) is 4.57. The van der Waals surface area contributed by atoms with Gasteiger partial charge in [-0.1, -0.05) is 40.5 Å². The summed E-state index contributed by atoms with van der Waals surface area (Å²) in [7, 11) is 1.77. The molecule has 1 atom stereocenters. The molecule has 0 fully saturated rings. The van der Waals surface area contributed by atoms with Crippen LogP contribution in [0.1, 0.15) is 30.8 Å². The number of nitrogens with one attached hydrogen (secondary N) is 1. The number of nitrogens with zero attached hydrogens (tertiary/aromatic N) is 4. The Hall–Kier alpha value is -0.980. The van der Waals surface area contributed by atoms with Crippen LogP contribution in [-0.2, 0) is 13.5 Å². The van der Waals surface area contributed by atoms with Crippen molar-refractivity contribution in [3.05, 3.63) is 39.1 Å². The molecular formula is C13H17BrClN5. The van der Waals surface area contributed by atoms with Crippen molar-refractivity contribution in [2.75, 3.05) is 6.54 Å². The van der Waals surface area contributed by atoms with Gasteiger partial charge in [0.2, 0.25) is 0 Å². The Morgan fingerprint density at radius 3 is 2.85 bits per heavy atom. The summed E-state index contributed by atoms with van der Waals surface area (Å²) >= 11 is 9.57. The minimum absolute atomic E-state index is 0.130. The summed E-state index contributed by atoms with van der Waals surface area (Å²) in [6.07, 6.45) is 1.75. The van der Waals surface area contributed by atoms with Crippen molar-refractivity contribution in [1.29, 1.82) is 0 Å². The zero-order valence-electron chi connectivity index (χ0n) is 11.5. The fraction of sp³-hybridized carbons (Fsp3) is 0.462. The van der Waals surface area contributed by atoms with Gasteiger partial charge in [0.25, 0.3) is 0 Å². The second kappa shape index (κ2) is 7.15. The molecule has 0 amide bonds. The highest BCUT2D eigenvalue weighted by atomic mass is 79.9. The monoisotopic (exact) mass is 357 g/mol. The molecular weight excluding hydrogens is 342 g/mol. The molecule has 0 aliphatic heterocycles. The van der Waals surface area contributed by atoms with E-state index in [1.807, 2.05) is 18.2 Å². The summed E-state index contributed by atoms with van der Waals surface area (Å²) in [6, 6.07) is 5.95. The molecule has 2 aromatic rings. The van der Waals surface area contributed by atoms with Crippen molar-refractivity contribution >= 4 is 27.5 Å². The van der Waals surface area contributed by atoms with E-state index in [4.69, 9.17) is 11.6 Å². The van der Waals surface area contributed by atoms with Crippen molar-refractivity contribution in [3.63, 3.8) is 0 Å². The third kappa shape index (κ3) is 4.01. The van der Waals surface area contributed by atoms with E-state index in [1.165, 1.54) is 4.80 Å². The Labute approximate surface area is 131 Å². The smallest absolute Gasteiger partial charge is 0.176 e. The highest BCUT2D eigenvalue weighted by molar-refractivity contribution is 9.10. The van der Waals surface area contributed by atoms with Gasteiger partial charge in [-0.25, -0.2) is 0 Å². The van der Waals surface area contributed by atoms with Crippen molar-refractivity contribution in [2.45, 2.75) is 25.8 Å². The molecule has 0 saturated heterocycles. The average molecular weight is 359 g/mol. The maximum atomic E-state index is 6.00. The van der Waals surface area contributed by atoms with Gasteiger partial charge >= 0.3 is 0 Å². The first-order valence-electron chi connectivity index (χ1n) is 6.51. The van der Waals surface area contributed by atoms with Crippen LogP contribution in [-0.4, -0.2) is 26.8 Å². The normalized spacial score (nSPS) is 12.6. The third-order valence-corrected chi connectivity index (χ3v) is 3.84. The van der Waals surface area contributed by atoms with Gasteiger partial charge in [0, 0.05) is 22.0 Å². The lowest BCUT2D eigenvalue weighted by Crippen LogP contribution is -2.25. The van der Waals surface area contributed by atoms with E-state index in [0.29, 0.717) is 11.4 Å². The van der Waals surface area contributed by atoms with Crippen LogP contribution in [0.3, 0.4) is 0 Å². The Morgan fingerprint density at radius 2 is 2.25 bits per heavy atom. The topological polar surface area (TPSA) is 55.6 Å². The van der Waals surface area contributed by atoms with Crippen LogP contribution in [0.5, 0.6) is 0 Å². The zero-order valence-corrected chi connectivity index (χ0v) is 13.8. The second-order valence-corrected chi connectivity index (χ2v) is 5.86. The number of aryl methyl sites for hydroxylation is 1. The molecule has 20 heavy (non-hydrogen) atoms. The number of aromatic nitrogens is 4. The molecule has 7 heteroatoms. The van der Waals surface area contributed by atoms with Gasteiger partial charge in [0.15, 0.2) is 5.82 Å². The van der Waals surface area contributed by atoms with E-state index in [1.54, 1.807) is 7.05 Å². The fourth-order valence-corrected chi connectivity index (χ4v) is 2.94. The zero-order chi connectivity index (χ0) is 14.5. The lowest BCUT2D eigenvalue weighted by atomic mass is 10.0. The summed E-state index contributed by atoms with van der Waals surface area (Å²) < 4.78 is 0.988. The first-order valence-corrected chi connectivity index (χ1v) is 7.68. The molecule has 0 bridgehead atoms. The summed E-state index contributed by atoms with van der Waals surface area (Å²) in [5, 5.41) is 16.4. The molecule has 1 heterocycles. The molecule has 1 aromatic carbocycles. The maximum Gasteiger partial charge on any atom is 0.176 e. The molecule has 0 aliphatic rings. The van der Waals surface area contributed by atoms with Gasteiger partial charge in [0.1, 0.15) is 0 Å². The lowest BCUT2D eigenvalue weighted by molar-refractivity contribution is 0.515. The molecule has 0 aliphatic carbocycles. The fourth-order valence-electron chi connectivity index (χ4n) is 1.98. The average Bonchev–Trinajstić information content (AvgIpc) is 2.80. The molecule has 2 rings (SSSR count). The van der Waals surface area contributed by atoms with Crippen LogP contribution in [0.2, 0.25) is 5.02 Å². The van der Waals surface area contributed by atoms with Gasteiger partial charge in [-0.05, 0) is 35.9 Å². The van der Waals surface area contributed by atoms with Crippen LogP contribution < -0.4 is 5.32 Å². The van der Waals surface area contributed by atoms with Crippen molar-refractivity contribution in [2.24, 2.45) is 7.05 Å². The Morgan fingerprint density at radius 1 is 1.45 bits per heavy atom. The summed E-state index contributed by atoms with van der Waals surface area (Å²) in [4.78, 5) is 1.48. The lowest BCUT2D eigenvalue weighted by Gasteiger charge is -2.19. The minimum Gasteiger partial charge on any atom is -0.310 e. The standard InChI is InChI=1S/C13H17BrClN5/c1-3-6-16-12(8-13-17-19-20(2)18-13)10-5-4-9(15)7-11(10)14/h4-5,7,12,16H,3,6,8H2,1-2H3. The van der Waals surface area contributed by atoms with E-state index in [0.717, 1.165) is 28.8 Å². The highest BCUT2D eigenvalue weighted by Gasteiger charge is 2.17. The Kier molecular flexibility index (Phi) is 5.51. The first-order chi connectivity index (χ1) is 9.60. The molecule has 0 saturated carbocycles. The van der Waals surface area contributed by atoms with Crippen molar-refractivity contribution in [1.82, 2.24) is 25.5 Å². The minimum atomic E-state index is 0.130. The van der Waals surface area contributed by atoms with E-state index in [2.05, 4.69) is 43.6 Å². The summed E-state index contributed by atoms with van der Waals surface area (Å²) in [5.74, 6) is 0.725. The maximum absolute atomic E-state index is 6.00. The molecule has 108 valence electrons. The molecule has 0 spiro atoms. The largest absolute Gasteiger partial charge is 0.310 e. The molecule has 0 radical (unpaired) electrons. The van der Waals surface area contributed by atoms with Crippen molar-refractivity contribution in [3.8, 4) is 0 Å². The quantitative estimate of drug-likeness (QED) is 0.862. The van der Waals surface area contributed by atoms with Gasteiger partial charge in [-0.3, -0.25) is 0 Å². The first kappa shape index (κ1) is 15.4. The summed E-state index contributed by atoms with van der Waals surface area (Å²) in [5.41, 5.74) is 1.15. The van der Waals surface area contributed by atoms with E-state index in [9.17, 15) is 0 Å². The van der Waals surface area contributed by atoms with Crippen LogP contribution in [0, 0.1) is 0 Å². The molecule has 1 N–H and O–H groups in total. The Bertz CT molecular complexity index is 572. The SMILES string of the molecule is CCCNC(Cc1nnn(C)n1)c1ccc(Cl)cc1Br. The van der Waals surface area contributed by atoms with Gasteiger partial charge in [0.05, 0.1) is 7.05 Å². The number of tetrazole rings is 1. The molecule has 5 nitrogen and oxygen atoms in total. The van der Waals surface area contributed by atoms with Crippen LogP contribution in [0.25, 0.3) is 0 Å². The Balaban J connectivity index is 2.22. The molecule has 1 aromatic heterocycles. The third-order valence-electron chi connectivity index (χ3n) is 2.92. The van der Waals surface area contributed by atoms with Crippen LogP contribution in [0.15, 0.2) is 22.7 Å². The van der Waals surface area contributed by atoms with Crippen molar-refractivity contribution < 1.29 is 0 Å². The van der Waals surface area contributed by atoms with E-state index >= 15 is 0 Å².